The number of carbonyl (C=O) groups is 2. The van der Waals surface area contributed by atoms with Crippen LogP contribution >= 0.6 is 11.6 Å². The van der Waals surface area contributed by atoms with Gasteiger partial charge in [-0.1, -0.05) is 37.2 Å². The molecule has 4 rings (SSSR count). The summed E-state index contributed by atoms with van der Waals surface area (Å²) in [6.45, 7) is 6.70. The molecular formula is C26H31ClN2O3Si. The van der Waals surface area contributed by atoms with Gasteiger partial charge in [0.15, 0.2) is 0 Å². The maximum absolute atomic E-state index is 13.4. The largest absolute Gasteiger partial charge is 0.497 e. The molecule has 0 bridgehead atoms. The van der Waals surface area contributed by atoms with Crippen molar-refractivity contribution in [1.29, 1.82) is 0 Å². The lowest BCUT2D eigenvalue weighted by molar-refractivity contribution is -0.121. The van der Waals surface area contributed by atoms with Gasteiger partial charge in [0.05, 0.1) is 19.0 Å². The number of benzene rings is 2. The summed E-state index contributed by atoms with van der Waals surface area (Å²) in [4.78, 5) is 26.5. The van der Waals surface area contributed by atoms with E-state index in [-0.39, 0.29) is 24.3 Å². The lowest BCUT2D eigenvalue weighted by Crippen LogP contribution is -2.44. The third-order valence-electron chi connectivity index (χ3n) is 6.74. The predicted molar refractivity (Wildman–Crippen MR) is 136 cm³/mol. The Bertz CT molecular complexity index is 1200. The van der Waals surface area contributed by atoms with E-state index in [2.05, 4.69) is 18.4 Å². The van der Waals surface area contributed by atoms with Crippen LogP contribution < -0.4 is 10.1 Å². The molecule has 0 radical (unpaired) electrons. The van der Waals surface area contributed by atoms with Crippen molar-refractivity contribution in [3.63, 3.8) is 0 Å². The highest BCUT2D eigenvalue weighted by atomic mass is 35.5. The van der Waals surface area contributed by atoms with E-state index >= 15 is 0 Å². The van der Waals surface area contributed by atoms with Gasteiger partial charge < -0.3 is 10.1 Å². The molecule has 1 atom stereocenters. The normalized spacial score (nSPS) is 17.7. The fraction of sp³-hybridized carbons (Fsp3) is 0.385. The average Bonchev–Trinajstić information content (AvgIpc) is 3.03. The second-order valence-electron chi connectivity index (χ2n) is 9.80. The Hall–Kier alpha value is -2.57. The first kappa shape index (κ1) is 23.6. The van der Waals surface area contributed by atoms with Crippen LogP contribution in [0.15, 0.2) is 42.5 Å². The van der Waals surface area contributed by atoms with E-state index in [9.17, 15) is 9.59 Å². The first-order chi connectivity index (χ1) is 15.7. The summed E-state index contributed by atoms with van der Waals surface area (Å²) >= 11 is 6.01. The molecule has 7 heteroatoms. The summed E-state index contributed by atoms with van der Waals surface area (Å²) in [5.41, 5.74) is 2.94. The highest BCUT2D eigenvalue weighted by molar-refractivity contribution is 6.77. The van der Waals surface area contributed by atoms with Crippen LogP contribution in [-0.4, -0.2) is 37.6 Å². The molecule has 174 valence electrons. The number of nitrogens with zero attached hydrogens (tertiary/aromatic N) is 1. The van der Waals surface area contributed by atoms with Crippen molar-refractivity contribution in [1.82, 2.24) is 9.88 Å². The van der Waals surface area contributed by atoms with Crippen LogP contribution in [0.3, 0.4) is 0 Å². The van der Waals surface area contributed by atoms with Crippen molar-refractivity contribution in [3.8, 4) is 5.75 Å². The zero-order valence-corrected chi connectivity index (χ0v) is 21.5. The number of fused-ring (bicyclic) bond motifs is 1. The highest BCUT2D eigenvalue weighted by Crippen LogP contribution is 2.32. The van der Waals surface area contributed by atoms with Gasteiger partial charge in [0.25, 0.3) is 5.91 Å². The SMILES string of the molecule is COc1ccc2c(c1)c(CC(=O)NC1CCC[Si](C)(C)C1)c(C)n2C(=O)c1ccc(Cl)cc1. The lowest BCUT2D eigenvalue weighted by Gasteiger charge is -2.34. The van der Waals surface area contributed by atoms with Crippen LogP contribution in [0, 0.1) is 6.92 Å². The van der Waals surface area contributed by atoms with Gasteiger partial charge in [-0.2, -0.15) is 0 Å². The second-order valence-corrected chi connectivity index (χ2v) is 15.5. The van der Waals surface area contributed by atoms with Gasteiger partial charge in [0.1, 0.15) is 5.75 Å². The Balaban J connectivity index is 1.68. The summed E-state index contributed by atoms with van der Waals surface area (Å²) in [7, 11) is 0.395. The van der Waals surface area contributed by atoms with Crippen LogP contribution in [-0.2, 0) is 11.2 Å². The van der Waals surface area contributed by atoms with Crippen molar-refractivity contribution in [2.45, 2.75) is 57.4 Å². The number of methoxy groups -OCH3 is 1. The molecule has 1 amide bonds. The van der Waals surface area contributed by atoms with Gasteiger partial charge in [0.2, 0.25) is 5.91 Å². The lowest BCUT2D eigenvalue weighted by atomic mass is 10.1. The zero-order valence-electron chi connectivity index (χ0n) is 19.7. The molecular weight excluding hydrogens is 452 g/mol. The van der Waals surface area contributed by atoms with Crippen LogP contribution in [0.5, 0.6) is 5.75 Å². The highest BCUT2D eigenvalue weighted by Gasteiger charge is 2.31. The van der Waals surface area contributed by atoms with Gasteiger partial charge >= 0.3 is 0 Å². The molecule has 1 N–H and O–H groups in total. The minimum atomic E-state index is -1.22. The van der Waals surface area contributed by atoms with E-state index in [0.29, 0.717) is 16.3 Å². The van der Waals surface area contributed by atoms with Gasteiger partial charge in [-0.05, 0) is 67.4 Å². The summed E-state index contributed by atoms with van der Waals surface area (Å²) in [6.07, 6.45) is 2.47. The minimum absolute atomic E-state index is 0.00983. The van der Waals surface area contributed by atoms with E-state index in [1.54, 1.807) is 35.9 Å². The van der Waals surface area contributed by atoms with Gasteiger partial charge in [0, 0.05) is 35.8 Å². The first-order valence-electron chi connectivity index (χ1n) is 11.5. The topological polar surface area (TPSA) is 60.3 Å². The third kappa shape index (κ3) is 5.02. The van der Waals surface area contributed by atoms with Crippen LogP contribution in [0.25, 0.3) is 10.9 Å². The number of nitrogens with one attached hydrogen (secondary N) is 1. The summed E-state index contributed by atoms with van der Waals surface area (Å²) in [5, 5.41) is 4.72. The molecule has 1 fully saturated rings. The zero-order chi connectivity index (χ0) is 23.8. The van der Waals surface area contributed by atoms with Crippen molar-refractivity contribution in [3.05, 3.63) is 64.3 Å². The molecule has 0 aliphatic carbocycles. The Morgan fingerprint density at radius 3 is 2.58 bits per heavy atom. The van der Waals surface area contributed by atoms with Crippen LogP contribution in [0.1, 0.15) is 34.5 Å². The number of aromatic nitrogens is 1. The molecule has 3 aromatic rings. The van der Waals surface area contributed by atoms with E-state index < -0.39 is 8.07 Å². The molecule has 1 unspecified atom stereocenters. The molecule has 1 aromatic heterocycles. The fourth-order valence-electron chi connectivity index (χ4n) is 5.06. The Morgan fingerprint density at radius 2 is 1.91 bits per heavy atom. The van der Waals surface area contributed by atoms with Gasteiger partial charge in [-0.3, -0.25) is 14.2 Å². The number of amides is 1. The van der Waals surface area contributed by atoms with Crippen molar-refractivity contribution in [2.75, 3.05) is 7.11 Å². The Kier molecular flexibility index (Phi) is 6.68. The number of rotatable bonds is 5. The van der Waals surface area contributed by atoms with Crippen molar-refractivity contribution < 1.29 is 14.3 Å². The van der Waals surface area contributed by atoms with E-state index in [0.717, 1.165) is 34.6 Å². The summed E-state index contributed by atoms with van der Waals surface area (Å²) in [5.74, 6) is 0.557. The molecule has 2 heterocycles. The number of carbonyl (C=O) groups excluding carboxylic acids is 2. The van der Waals surface area contributed by atoms with Crippen LogP contribution in [0.2, 0.25) is 30.2 Å². The van der Waals surface area contributed by atoms with Crippen LogP contribution in [0.4, 0.5) is 0 Å². The molecule has 33 heavy (non-hydrogen) atoms. The van der Waals surface area contributed by atoms with Gasteiger partial charge in [-0.15, -0.1) is 0 Å². The molecule has 1 aliphatic rings. The smallest absolute Gasteiger partial charge is 0.262 e. The minimum Gasteiger partial charge on any atom is -0.497 e. The van der Waals surface area contributed by atoms with Gasteiger partial charge in [-0.25, -0.2) is 0 Å². The first-order valence-corrected chi connectivity index (χ1v) is 15.3. The second kappa shape index (κ2) is 9.35. The monoisotopic (exact) mass is 482 g/mol. The quantitative estimate of drug-likeness (QED) is 0.465. The molecule has 1 saturated heterocycles. The van der Waals surface area contributed by atoms with E-state index in [1.165, 1.54) is 12.5 Å². The van der Waals surface area contributed by atoms with Crippen molar-refractivity contribution in [2.24, 2.45) is 0 Å². The molecule has 1 aliphatic heterocycles. The number of hydrogen-bond acceptors (Lipinski definition) is 3. The summed E-state index contributed by atoms with van der Waals surface area (Å²) in [6, 6.07) is 15.2. The maximum Gasteiger partial charge on any atom is 0.262 e. The predicted octanol–water partition coefficient (Wildman–Crippen LogP) is 5.83. The molecule has 0 spiro atoms. The summed E-state index contributed by atoms with van der Waals surface area (Å²) < 4.78 is 7.12. The third-order valence-corrected chi connectivity index (χ3v) is 10.3. The van der Waals surface area contributed by atoms with Crippen molar-refractivity contribution >= 4 is 42.4 Å². The number of ether oxygens (including phenoxy) is 1. The standard InChI is InChI=1S/C26H31ClN2O3Si/c1-17-22(15-25(30)28-20-6-5-13-33(3,4)16-20)23-14-21(32-2)11-12-24(23)29(17)26(31)18-7-9-19(27)10-8-18/h7-12,14,20H,5-6,13,15-16H2,1-4H3,(H,28,30). The maximum atomic E-state index is 13.4. The van der Waals surface area contributed by atoms with E-state index in [1.807, 2.05) is 25.1 Å². The molecule has 2 aromatic carbocycles. The average molecular weight is 483 g/mol. The fourth-order valence-corrected chi connectivity index (χ4v) is 8.19. The molecule has 0 saturated carbocycles. The van der Waals surface area contributed by atoms with E-state index in [4.69, 9.17) is 16.3 Å². The Morgan fingerprint density at radius 1 is 1.18 bits per heavy atom. The molecule has 5 nitrogen and oxygen atoms in total. The Labute approximate surface area is 201 Å². The number of hydrogen-bond donors (Lipinski definition) is 1. The number of halogens is 1.